The molecule has 9 nitrogen and oxygen atoms in total. The molecular formula is C33H27FI2N4O5. The van der Waals surface area contributed by atoms with Gasteiger partial charge in [-0.2, -0.15) is 5.10 Å². The summed E-state index contributed by atoms with van der Waals surface area (Å²) >= 11 is 4.17. The second-order valence-electron chi connectivity index (χ2n) is 9.83. The third-order valence-corrected chi connectivity index (χ3v) is 8.13. The van der Waals surface area contributed by atoms with Crippen molar-refractivity contribution in [3.63, 3.8) is 0 Å². The zero-order valence-corrected chi connectivity index (χ0v) is 28.5. The molecule has 5 aromatic rings. The number of aromatic nitrogens is 1. The number of benzene rings is 3. The molecular weight excluding hydrogens is 805 g/mol. The monoisotopic (exact) mass is 832 g/mol. The second-order valence-corrected chi connectivity index (χ2v) is 12.2. The van der Waals surface area contributed by atoms with Crippen LogP contribution in [0.4, 0.5) is 10.1 Å². The zero-order chi connectivity index (χ0) is 31.9. The predicted octanol–water partition coefficient (Wildman–Crippen LogP) is 7.40. The summed E-state index contributed by atoms with van der Waals surface area (Å²) < 4.78 is 34.6. The number of carbonyl (C=O) groups is 2. The number of rotatable bonds is 11. The van der Waals surface area contributed by atoms with Gasteiger partial charge in [-0.15, -0.1) is 0 Å². The van der Waals surface area contributed by atoms with E-state index in [1.165, 1.54) is 18.3 Å². The molecule has 0 atom stereocenters. The lowest BCUT2D eigenvalue weighted by atomic mass is 10.2. The van der Waals surface area contributed by atoms with Crippen molar-refractivity contribution < 1.29 is 27.9 Å². The Labute approximate surface area is 286 Å². The maximum Gasteiger partial charge on any atom is 0.307 e. The first-order valence-corrected chi connectivity index (χ1v) is 15.8. The van der Waals surface area contributed by atoms with E-state index in [4.69, 9.17) is 13.9 Å². The van der Waals surface area contributed by atoms with Crippen molar-refractivity contribution in [2.75, 3.05) is 11.9 Å². The van der Waals surface area contributed by atoms with Gasteiger partial charge in [0.05, 0.1) is 19.0 Å². The summed E-state index contributed by atoms with van der Waals surface area (Å²) in [5.74, 6) is 0.259. The first-order chi connectivity index (χ1) is 21.7. The minimum absolute atomic E-state index is 0.0862. The summed E-state index contributed by atoms with van der Waals surface area (Å²) in [4.78, 5) is 24.8. The lowest BCUT2D eigenvalue weighted by Crippen LogP contribution is -2.21. The van der Waals surface area contributed by atoms with Gasteiger partial charge in [0.2, 0.25) is 0 Å². The number of nitrogens with zero attached hydrogens (tertiary/aromatic N) is 2. The van der Waals surface area contributed by atoms with E-state index >= 15 is 0 Å². The fourth-order valence-corrected chi connectivity index (χ4v) is 6.53. The van der Waals surface area contributed by atoms with E-state index in [9.17, 15) is 14.0 Å². The lowest BCUT2D eigenvalue weighted by molar-refractivity contribution is -0.118. The zero-order valence-electron chi connectivity index (χ0n) is 24.1. The highest BCUT2D eigenvalue weighted by Crippen LogP contribution is 2.29. The van der Waals surface area contributed by atoms with E-state index in [0.29, 0.717) is 22.8 Å². The molecule has 3 aromatic carbocycles. The van der Waals surface area contributed by atoms with Crippen LogP contribution in [0.5, 0.6) is 11.5 Å². The standard InChI is InChI=1S/C33H27FI2N4O5/c1-20-7-8-21(2)40(20)23-9-11-24(12-10-23)43-18-25-13-14-30(45-25)33(42)39-37-17-22-15-27(35)32(28(36)16-22)44-19-31(41)38-29-6-4-3-5-26(29)34/h3-17H,18-19H2,1-2H3,(H,38,41)(H,39,42)/b37-17+. The number of hydrogen-bond donors (Lipinski definition) is 2. The number of ether oxygens (including phenoxy) is 2. The van der Waals surface area contributed by atoms with Gasteiger partial charge >= 0.3 is 5.91 Å². The third kappa shape index (κ3) is 8.30. The van der Waals surface area contributed by atoms with Crippen molar-refractivity contribution in [3.05, 3.63) is 126 Å². The number of hydrazone groups is 1. The van der Waals surface area contributed by atoms with Crippen LogP contribution in [0.25, 0.3) is 5.69 Å². The molecule has 0 saturated heterocycles. The van der Waals surface area contributed by atoms with Crippen LogP contribution < -0.4 is 20.2 Å². The summed E-state index contributed by atoms with van der Waals surface area (Å²) in [7, 11) is 0. The highest BCUT2D eigenvalue weighted by atomic mass is 127. The normalized spacial score (nSPS) is 11.0. The van der Waals surface area contributed by atoms with Crippen LogP contribution in [0.15, 0.2) is 94.4 Å². The number of carbonyl (C=O) groups excluding carboxylic acids is 2. The number of para-hydroxylation sites is 1. The highest BCUT2D eigenvalue weighted by molar-refractivity contribution is 14.1. The van der Waals surface area contributed by atoms with Crippen LogP contribution in [-0.4, -0.2) is 29.2 Å². The predicted molar refractivity (Wildman–Crippen MR) is 186 cm³/mol. The van der Waals surface area contributed by atoms with Gasteiger partial charge in [-0.25, -0.2) is 9.82 Å². The van der Waals surface area contributed by atoms with E-state index in [0.717, 1.165) is 24.2 Å². The Hall–Kier alpha value is -4.18. The number of furan rings is 1. The Bertz CT molecular complexity index is 1820. The summed E-state index contributed by atoms with van der Waals surface area (Å²) in [6.45, 7) is 3.99. The molecule has 0 aliphatic carbocycles. The molecule has 0 spiro atoms. The average molecular weight is 832 g/mol. The molecule has 12 heteroatoms. The molecule has 0 bridgehead atoms. The Kier molecular flexibility index (Phi) is 10.5. The Morgan fingerprint density at radius 1 is 0.933 bits per heavy atom. The van der Waals surface area contributed by atoms with Crippen molar-refractivity contribution in [2.24, 2.45) is 5.10 Å². The van der Waals surface area contributed by atoms with Crippen molar-refractivity contribution in [1.82, 2.24) is 9.99 Å². The highest BCUT2D eigenvalue weighted by Gasteiger charge is 2.14. The number of halogens is 3. The van der Waals surface area contributed by atoms with Gasteiger partial charge in [-0.3, -0.25) is 9.59 Å². The molecule has 0 unspecified atom stereocenters. The largest absolute Gasteiger partial charge is 0.486 e. The minimum Gasteiger partial charge on any atom is -0.486 e. The van der Waals surface area contributed by atoms with E-state index in [1.54, 1.807) is 36.4 Å². The molecule has 0 radical (unpaired) electrons. The smallest absolute Gasteiger partial charge is 0.307 e. The quantitative estimate of drug-likeness (QED) is 0.0821. The third-order valence-electron chi connectivity index (χ3n) is 6.53. The van der Waals surface area contributed by atoms with Gasteiger partial charge in [0.15, 0.2) is 12.4 Å². The van der Waals surface area contributed by atoms with Gasteiger partial charge in [-0.05, 0) is 137 Å². The van der Waals surface area contributed by atoms with Crippen LogP contribution in [0.1, 0.15) is 33.3 Å². The topological polar surface area (TPSA) is 107 Å². The van der Waals surface area contributed by atoms with Gasteiger partial charge in [0.25, 0.3) is 5.91 Å². The maximum atomic E-state index is 13.8. The summed E-state index contributed by atoms with van der Waals surface area (Å²) in [6.07, 6.45) is 1.49. The summed E-state index contributed by atoms with van der Waals surface area (Å²) in [5.41, 5.74) is 6.61. The van der Waals surface area contributed by atoms with E-state index in [2.05, 4.69) is 91.6 Å². The molecule has 45 heavy (non-hydrogen) atoms. The first kappa shape index (κ1) is 32.2. The Balaban J connectivity index is 1.10. The SMILES string of the molecule is Cc1ccc(C)n1-c1ccc(OCc2ccc(C(=O)N/N=C/c3cc(I)c(OCC(=O)Nc4ccccc4F)c(I)c3)o2)cc1. The second kappa shape index (κ2) is 14.7. The molecule has 0 saturated carbocycles. The Morgan fingerprint density at radius 3 is 2.31 bits per heavy atom. The van der Waals surface area contributed by atoms with Crippen LogP contribution in [0.3, 0.4) is 0 Å². The van der Waals surface area contributed by atoms with Gasteiger partial charge < -0.3 is 23.8 Å². The van der Waals surface area contributed by atoms with Crippen molar-refractivity contribution in [1.29, 1.82) is 0 Å². The molecule has 2 amide bonds. The molecule has 2 aromatic heterocycles. The fraction of sp³-hybridized carbons (Fsp3) is 0.121. The maximum absolute atomic E-state index is 13.8. The summed E-state index contributed by atoms with van der Waals surface area (Å²) in [5, 5.41) is 6.53. The summed E-state index contributed by atoms with van der Waals surface area (Å²) in [6, 6.07) is 24.7. The fourth-order valence-electron chi connectivity index (χ4n) is 4.40. The average Bonchev–Trinajstić information content (AvgIpc) is 3.63. The van der Waals surface area contributed by atoms with Crippen molar-refractivity contribution in [2.45, 2.75) is 20.5 Å². The van der Waals surface area contributed by atoms with E-state index in [-0.39, 0.29) is 24.7 Å². The minimum atomic E-state index is -0.525. The van der Waals surface area contributed by atoms with Crippen molar-refractivity contribution >= 4 is 68.9 Å². The molecule has 0 aliphatic rings. The van der Waals surface area contributed by atoms with E-state index in [1.807, 2.05) is 24.3 Å². The molecule has 0 aliphatic heterocycles. The number of amides is 2. The first-order valence-electron chi connectivity index (χ1n) is 13.6. The van der Waals surface area contributed by atoms with Crippen LogP contribution in [0, 0.1) is 26.8 Å². The number of hydrogen-bond acceptors (Lipinski definition) is 6. The molecule has 2 N–H and O–H groups in total. The number of anilines is 1. The molecule has 5 rings (SSSR count). The lowest BCUT2D eigenvalue weighted by Gasteiger charge is -2.12. The van der Waals surface area contributed by atoms with Gasteiger partial charge in [0, 0.05) is 17.1 Å². The Morgan fingerprint density at radius 2 is 1.62 bits per heavy atom. The van der Waals surface area contributed by atoms with Crippen LogP contribution >= 0.6 is 45.2 Å². The van der Waals surface area contributed by atoms with Crippen molar-refractivity contribution in [3.8, 4) is 17.2 Å². The van der Waals surface area contributed by atoms with E-state index < -0.39 is 17.6 Å². The molecule has 0 fully saturated rings. The van der Waals surface area contributed by atoms with Crippen LogP contribution in [0.2, 0.25) is 0 Å². The van der Waals surface area contributed by atoms with Crippen LogP contribution in [-0.2, 0) is 11.4 Å². The number of nitrogens with one attached hydrogen (secondary N) is 2. The molecule has 230 valence electrons. The molecule has 2 heterocycles. The number of aryl methyl sites for hydroxylation is 2. The van der Waals surface area contributed by atoms with Gasteiger partial charge in [-0.1, -0.05) is 12.1 Å². The van der Waals surface area contributed by atoms with Gasteiger partial charge in [0.1, 0.15) is 29.7 Å².